The zero-order valence-electron chi connectivity index (χ0n) is 15.6. The van der Waals surface area contributed by atoms with Gasteiger partial charge in [-0.1, -0.05) is 12.1 Å². The fraction of sp³-hybridized carbons (Fsp3) is 0.550. The van der Waals surface area contributed by atoms with Crippen molar-refractivity contribution in [2.45, 2.75) is 57.5 Å². The number of amides is 3. The molecule has 1 aromatic rings. The van der Waals surface area contributed by atoms with Gasteiger partial charge in [-0.25, -0.2) is 9.18 Å². The maximum atomic E-state index is 14.3. The molecule has 1 aromatic carbocycles. The molecule has 4 atom stereocenters. The number of alkyl halides is 1. The molecule has 144 valence electrons. The van der Waals surface area contributed by atoms with Gasteiger partial charge in [-0.2, -0.15) is 0 Å². The summed E-state index contributed by atoms with van der Waals surface area (Å²) < 4.78 is 19.8. The van der Waals surface area contributed by atoms with Gasteiger partial charge < -0.3 is 4.74 Å². The predicted octanol–water partition coefficient (Wildman–Crippen LogP) is 3.02. The average Bonchev–Trinajstić information content (AvgIpc) is 3.20. The number of hydrogen-bond acceptors (Lipinski definition) is 4. The Morgan fingerprint density at radius 1 is 1.15 bits per heavy atom. The number of nitrogens with zero attached hydrogens (tertiary/aromatic N) is 2. The molecule has 2 aliphatic heterocycles. The van der Waals surface area contributed by atoms with Crippen molar-refractivity contribution >= 4 is 17.9 Å². The predicted molar refractivity (Wildman–Crippen MR) is 95.1 cm³/mol. The number of rotatable bonds is 2. The monoisotopic (exact) mass is 374 g/mol. The summed E-state index contributed by atoms with van der Waals surface area (Å²) in [7, 11) is 0. The standard InChI is InChI=1S/C20H23FN2O4/c1-20(2,3)27-19(26)23-15-9-11(8-14(15)21)16(23)10-22-17(24)12-6-4-5-7-13(12)18(22)25/h4-7,11,14-16H,8-10H2,1-3H3/t11-,14-,15?,16+/m0/s1. The lowest BCUT2D eigenvalue weighted by molar-refractivity contribution is -0.00852. The Labute approximate surface area is 157 Å². The van der Waals surface area contributed by atoms with Gasteiger partial charge in [0.1, 0.15) is 11.8 Å². The lowest BCUT2D eigenvalue weighted by Gasteiger charge is -2.38. The topological polar surface area (TPSA) is 66.9 Å². The number of halogens is 1. The highest BCUT2D eigenvalue weighted by molar-refractivity contribution is 6.21. The van der Waals surface area contributed by atoms with E-state index in [9.17, 15) is 18.8 Å². The first-order valence-corrected chi connectivity index (χ1v) is 9.28. The second-order valence-electron chi connectivity index (χ2n) is 8.54. The molecule has 2 fully saturated rings. The highest BCUT2D eigenvalue weighted by Crippen LogP contribution is 2.45. The number of carbonyl (C=O) groups excluding carboxylic acids is 3. The van der Waals surface area contributed by atoms with Crippen LogP contribution in [0.3, 0.4) is 0 Å². The smallest absolute Gasteiger partial charge is 0.410 e. The lowest BCUT2D eigenvalue weighted by atomic mass is 9.97. The molecule has 1 aliphatic carbocycles. The van der Waals surface area contributed by atoms with E-state index in [0.717, 1.165) is 0 Å². The molecular weight excluding hydrogens is 351 g/mol. The SMILES string of the molecule is CC(C)(C)OC(=O)N1C2C[C@H](C[C@@H]2F)[C@H]1CN1C(=O)c2ccccc2C1=O. The fourth-order valence-electron chi connectivity index (χ4n) is 4.49. The number of piperidine rings is 1. The van der Waals surface area contributed by atoms with E-state index in [-0.39, 0.29) is 24.3 Å². The molecule has 0 spiro atoms. The summed E-state index contributed by atoms with van der Waals surface area (Å²) in [5, 5.41) is 0. The van der Waals surface area contributed by atoms with Crippen LogP contribution >= 0.6 is 0 Å². The van der Waals surface area contributed by atoms with Crippen molar-refractivity contribution < 1.29 is 23.5 Å². The minimum atomic E-state index is -1.10. The highest BCUT2D eigenvalue weighted by Gasteiger charge is 2.56. The van der Waals surface area contributed by atoms with Crippen LogP contribution in [0.4, 0.5) is 9.18 Å². The normalized spacial score (nSPS) is 29.5. The van der Waals surface area contributed by atoms with Crippen LogP contribution in [0.25, 0.3) is 0 Å². The molecule has 3 amide bonds. The number of ether oxygens (including phenoxy) is 1. The van der Waals surface area contributed by atoms with Crippen molar-refractivity contribution in [1.29, 1.82) is 0 Å². The summed E-state index contributed by atoms with van der Waals surface area (Å²) in [4.78, 5) is 40.7. The van der Waals surface area contributed by atoms with Crippen LogP contribution in [-0.4, -0.2) is 58.1 Å². The third-order valence-corrected chi connectivity index (χ3v) is 5.60. The molecule has 4 rings (SSSR count). The third kappa shape index (κ3) is 2.89. The van der Waals surface area contributed by atoms with Crippen LogP contribution < -0.4 is 0 Å². The Kier molecular flexibility index (Phi) is 4.01. The van der Waals surface area contributed by atoms with Gasteiger partial charge in [0.25, 0.3) is 11.8 Å². The van der Waals surface area contributed by atoms with Gasteiger partial charge in [0.15, 0.2) is 0 Å². The first-order valence-electron chi connectivity index (χ1n) is 9.28. The molecule has 2 heterocycles. The quantitative estimate of drug-likeness (QED) is 0.747. The second kappa shape index (κ2) is 6.04. The zero-order chi connectivity index (χ0) is 19.5. The van der Waals surface area contributed by atoms with E-state index in [1.165, 1.54) is 9.80 Å². The number of carbonyl (C=O) groups is 3. The summed E-state index contributed by atoms with van der Waals surface area (Å²) in [5.41, 5.74) is 0.0424. The summed E-state index contributed by atoms with van der Waals surface area (Å²) >= 11 is 0. The molecule has 0 N–H and O–H groups in total. The molecule has 3 aliphatic rings. The molecular formula is C20H23FN2O4. The minimum absolute atomic E-state index is 0.0689. The minimum Gasteiger partial charge on any atom is -0.444 e. The van der Waals surface area contributed by atoms with Gasteiger partial charge in [-0.05, 0) is 51.7 Å². The molecule has 1 saturated carbocycles. The number of likely N-dealkylation sites (tertiary alicyclic amines) is 1. The first-order chi connectivity index (χ1) is 12.7. The van der Waals surface area contributed by atoms with E-state index < -0.39 is 29.9 Å². The Morgan fingerprint density at radius 2 is 1.74 bits per heavy atom. The Balaban J connectivity index is 1.58. The van der Waals surface area contributed by atoms with Gasteiger partial charge in [-0.15, -0.1) is 0 Å². The lowest BCUT2D eigenvalue weighted by Crippen LogP contribution is -2.55. The molecule has 2 bridgehead atoms. The highest BCUT2D eigenvalue weighted by atomic mass is 19.1. The maximum absolute atomic E-state index is 14.3. The van der Waals surface area contributed by atoms with Crippen molar-refractivity contribution in [2.75, 3.05) is 6.54 Å². The van der Waals surface area contributed by atoms with Crippen molar-refractivity contribution in [3.63, 3.8) is 0 Å². The number of imide groups is 1. The van der Waals surface area contributed by atoms with Crippen LogP contribution in [0.5, 0.6) is 0 Å². The van der Waals surface area contributed by atoms with Crippen molar-refractivity contribution in [2.24, 2.45) is 5.92 Å². The van der Waals surface area contributed by atoms with E-state index in [0.29, 0.717) is 24.0 Å². The fourth-order valence-corrected chi connectivity index (χ4v) is 4.49. The largest absolute Gasteiger partial charge is 0.444 e. The molecule has 0 aromatic heterocycles. The molecule has 1 unspecified atom stereocenters. The van der Waals surface area contributed by atoms with Gasteiger partial charge >= 0.3 is 6.09 Å². The van der Waals surface area contributed by atoms with E-state index in [4.69, 9.17) is 4.74 Å². The zero-order valence-corrected chi connectivity index (χ0v) is 15.6. The van der Waals surface area contributed by atoms with Crippen LogP contribution in [0.2, 0.25) is 0 Å². The van der Waals surface area contributed by atoms with Crippen molar-refractivity contribution in [3.8, 4) is 0 Å². The van der Waals surface area contributed by atoms with E-state index in [1.54, 1.807) is 45.0 Å². The van der Waals surface area contributed by atoms with Crippen molar-refractivity contribution in [1.82, 2.24) is 9.80 Å². The van der Waals surface area contributed by atoms with Gasteiger partial charge in [-0.3, -0.25) is 19.4 Å². The maximum Gasteiger partial charge on any atom is 0.410 e. The Morgan fingerprint density at radius 3 is 2.30 bits per heavy atom. The van der Waals surface area contributed by atoms with E-state index in [2.05, 4.69) is 0 Å². The van der Waals surface area contributed by atoms with Gasteiger partial charge in [0, 0.05) is 0 Å². The second-order valence-corrected chi connectivity index (χ2v) is 8.54. The van der Waals surface area contributed by atoms with E-state index in [1.807, 2.05) is 0 Å². The Hall–Kier alpha value is -2.44. The molecule has 1 saturated heterocycles. The first kappa shape index (κ1) is 17.9. The number of hydrogen-bond donors (Lipinski definition) is 0. The summed E-state index contributed by atoms with van der Waals surface area (Å²) in [6, 6.07) is 5.71. The van der Waals surface area contributed by atoms with Crippen LogP contribution in [0, 0.1) is 5.92 Å². The number of benzene rings is 1. The summed E-state index contributed by atoms with van der Waals surface area (Å²) in [5.74, 6) is -0.805. The van der Waals surface area contributed by atoms with Crippen LogP contribution in [0.1, 0.15) is 54.3 Å². The van der Waals surface area contributed by atoms with Crippen LogP contribution in [0.15, 0.2) is 24.3 Å². The average molecular weight is 374 g/mol. The summed E-state index contributed by atoms with van der Waals surface area (Å²) in [6.45, 7) is 5.33. The van der Waals surface area contributed by atoms with Crippen LogP contribution in [-0.2, 0) is 4.74 Å². The molecule has 7 heteroatoms. The molecule has 0 radical (unpaired) electrons. The van der Waals surface area contributed by atoms with Gasteiger partial charge in [0.05, 0.1) is 29.8 Å². The Bertz CT molecular complexity index is 783. The van der Waals surface area contributed by atoms with E-state index >= 15 is 0 Å². The summed E-state index contributed by atoms with van der Waals surface area (Å²) in [6.07, 6.45) is -0.800. The third-order valence-electron chi connectivity index (χ3n) is 5.60. The van der Waals surface area contributed by atoms with Gasteiger partial charge in [0.2, 0.25) is 0 Å². The molecule has 6 nitrogen and oxygen atoms in total. The molecule has 27 heavy (non-hydrogen) atoms. The number of fused-ring (bicyclic) bond motifs is 3. The van der Waals surface area contributed by atoms with Crippen molar-refractivity contribution in [3.05, 3.63) is 35.4 Å².